The van der Waals surface area contributed by atoms with Gasteiger partial charge in [0.2, 0.25) is 0 Å². The SMILES string of the molecule is c1ccc(-c2nc(-c3ccccc3)nc(-c3cc(-n4c5cc6ccccc6cc5c5cc6c7cccc8c9ccccc9n(c6cc54)c87)c4c(c3)sc3ccccc34)n2)cc1. The Bertz CT molecular complexity index is 4050. The molecule has 0 saturated carbocycles. The van der Waals surface area contributed by atoms with E-state index in [9.17, 15) is 0 Å². The van der Waals surface area contributed by atoms with Gasteiger partial charge >= 0.3 is 0 Å². The molecule has 0 atom stereocenters. The van der Waals surface area contributed by atoms with Gasteiger partial charge in [0.1, 0.15) is 0 Å². The maximum absolute atomic E-state index is 5.23. The molecule has 5 nitrogen and oxygen atoms in total. The van der Waals surface area contributed by atoms with Gasteiger partial charge in [-0.05, 0) is 59.3 Å². The summed E-state index contributed by atoms with van der Waals surface area (Å²) in [7, 11) is 0. The second-order valence-corrected chi connectivity index (χ2v) is 17.1. The molecule has 0 fully saturated rings. The number of hydrogen-bond acceptors (Lipinski definition) is 4. The molecule has 5 aromatic heterocycles. The molecular weight excluding hydrogens is 763 g/mol. The molecule has 0 unspecified atom stereocenters. The van der Waals surface area contributed by atoms with E-state index in [4.69, 9.17) is 15.0 Å². The number of benzene rings is 9. The standard InChI is InChI=1S/C55H31N5S/c1-3-14-32(15-4-1)53-56-54(33-16-5-2-6-17-33)58-55(57-53)36-28-48(51-40-21-10-12-25-49(40)61-50(51)29-36)59-45-27-35-19-8-7-18-34(35)26-41(45)43-30-42-39-23-13-22-38-37-20-9-11-24-44(37)60(52(38)39)47(42)31-46(43)59/h1-31H. The Morgan fingerprint density at radius 2 is 0.902 bits per heavy atom. The first-order chi connectivity index (χ1) is 30.2. The van der Waals surface area contributed by atoms with Crippen LogP contribution in [-0.2, 0) is 0 Å². The van der Waals surface area contributed by atoms with Gasteiger partial charge in [0.05, 0.1) is 33.3 Å². The molecule has 9 aromatic carbocycles. The Morgan fingerprint density at radius 1 is 0.344 bits per heavy atom. The molecular formula is C55H31N5S. The van der Waals surface area contributed by atoms with E-state index in [2.05, 4.69) is 161 Å². The van der Waals surface area contributed by atoms with Crippen LogP contribution in [0.25, 0.3) is 131 Å². The van der Waals surface area contributed by atoms with Gasteiger partial charge in [-0.1, -0.05) is 140 Å². The highest BCUT2D eigenvalue weighted by Gasteiger charge is 2.24. The third kappa shape index (κ3) is 4.68. The maximum atomic E-state index is 5.23. The summed E-state index contributed by atoms with van der Waals surface area (Å²) in [5.74, 6) is 1.93. The Hall–Kier alpha value is -7.93. The van der Waals surface area contributed by atoms with Gasteiger partial charge in [-0.15, -0.1) is 11.3 Å². The third-order valence-electron chi connectivity index (χ3n) is 12.6. The van der Waals surface area contributed by atoms with Crippen molar-refractivity contribution in [1.29, 1.82) is 0 Å². The lowest BCUT2D eigenvalue weighted by Crippen LogP contribution is -2.01. The molecule has 0 aliphatic carbocycles. The number of hydrogen-bond donors (Lipinski definition) is 0. The highest BCUT2D eigenvalue weighted by atomic mass is 32.1. The van der Waals surface area contributed by atoms with Crippen LogP contribution in [0.4, 0.5) is 0 Å². The van der Waals surface area contributed by atoms with E-state index in [1.165, 1.54) is 79.8 Å². The number of nitrogens with zero attached hydrogens (tertiary/aromatic N) is 5. The highest BCUT2D eigenvalue weighted by Crippen LogP contribution is 2.46. The monoisotopic (exact) mass is 793 g/mol. The summed E-state index contributed by atoms with van der Waals surface area (Å²) >= 11 is 1.82. The summed E-state index contributed by atoms with van der Waals surface area (Å²) in [6.07, 6.45) is 0. The number of fused-ring (bicyclic) bond motifs is 13. The van der Waals surface area contributed by atoms with E-state index in [0.717, 1.165) is 33.4 Å². The Balaban J connectivity index is 1.14. The van der Waals surface area contributed by atoms with Crippen molar-refractivity contribution in [1.82, 2.24) is 23.9 Å². The van der Waals surface area contributed by atoms with Crippen molar-refractivity contribution < 1.29 is 0 Å². The van der Waals surface area contributed by atoms with Gasteiger partial charge in [-0.3, -0.25) is 0 Å². The van der Waals surface area contributed by atoms with Gasteiger partial charge < -0.3 is 8.97 Å². The molecule has 61 heavy (non-hydrogen) atoms. The van der Waals surface area contributed by atoms with Crippen molar-refractivity contribution in [2.24, 2.45) is 0 Å². The van der Waals surface area contributed by atoms with Crippen molar-refractivity contribution in [3.63, 3.8) is 0 Å². The van der Waals surface area contributed by atoms with Crippen LogP contribution in [0.15, 0.2) is 188 Å². The van der Waals surface area contributed by atoms with E-state index in [-0.39, 0.29) is 0 Å². The molecule has 0 aliphatic rings. The number of aromatic nitrogens is 5. The maximum Gasteiger partial charge on any atom is 0.164 e. The third-order valence-corrected chi connectivity index (χ3v) is 13.7. The lowest BCUT2D eigenvalue weighted by molar-refractivity contribution is 1.07. The molecule has 0 saturated heterocycles. The van der Waals surface area contributed by atoms with Gasteiger partial charge in [0.25, 0.3) is 0 Å². The van der Waals surface area contributed by atoms with Gasteiger partial charge in [-0.25, -0.2) is 15.0 Å². The molecule has 0 spiro atoms. The van der Waals surface area contributed by atoms with Crippen LogP contribution in [0.5, 0.6) is 0 Å². The highest BCUT2D eigenvalue weighted by molar-refractivity contribution is 7.26. The number of thiophene rings is 1. The fourth-order valence-corrected chi connectivity index (χ4v) is 11.1. The van der Waals surface area contributed by atoms with Crippen LogP contribution in [0.1, 0.15) is 0 Å². The summed E-state index contributed by atoms with van der Waals surface area (Å²) in [6, 6.07) is 67.8. The second kappa shape index (κ2) is 12.3. The summed E-state index contributed by atoms with van der Waals surface area (Å²) in [6.45, 7) is 0. The largest absolute Gasteiger partial charge is 0.308 e. The minimum absolute atomic E-state index is 0.636. The van der Waals surface area contributed by atoms with Crippen molar-refractivity contribution in [3.8, 4) is 39.9 Å². The average molecular weight is 794 g/mol. The summed E-state index contributed by atoms with van der Waals surface area (Å²) < 4.78 is 7.43. The first kappa shape index (κ1) is 33.0. The first-order valence-electron chi connectivity index (χ1n) is 20.6. The van der Waals surface area contributed by atoms with Crippen molar-refractivity contribution in [3.05, 3.63) is 188 Å². The van der Waals surface area contributed by atoms with Gasteiger partial charge in [0, 0.05) is 69.2 Å². The van der Waals surface area contributed by atoms with Crippen LogP contribution in [-0.4, -0.2) is 23.9 Å². The van der Waals surface area contributed by atoms with E-state index in [1.54, 1.807) is 0 Å². The molecule has 0 radical (unpaired) electrons. The predicted molar refractivity (Wildman–Crippen MR) is 256 cm³/mol. The van der Waals surface area contributed by atoms with Crippen LogP contribution in [0.3, 0.4) is 0 Å². The fraction of sp³-hybridized carbons (Fsp3) is 0. The molecule has 282 valence electrons. The van der Waals surface area contributed by atoms with Gasteiger partial charge in [0.15, 0.2) is 17.5 Å². The molecule has 6 heteroatoms. The number of para-hydroxylation sites is 2. The van der Waals surface area contributed by atoms with Crippen LogP contribution in [0.2, 0.25) is 0 Å². The quantitative estimate of drug-likeness (QED) is 0.178. The summed E-state index contributed by atoms with van der Waals surface area (Å²) in [5.41, 5.74) is 9.95. The lowest BCUT2D eigenvalue weighted by Gasteiger charge is -2.14. The van der Waals surface area contributed by atoms with Crippen LogP contribution >= 0.6 is 11.3 Å². The molecule has 0 aliphatic heterocycles. The van der Waals surface area contributed by atoms with E-state index in [0.29, 0.717) is 17.5 Å². The van der Waals surface area contributed by atoms with Crippen LogP contribution in [0, 0.1) is 0 Å². The number of rotatable bonds is 4. The molecule has 14 rings (SSSR count). The zero-order valence-electron chi connectivity index (χ0n) is 32.5. The fourth-order valence-electron chi connectivity index (χ4n) is 9.96. The zero-order valence-corrected chi connectivity index (χ0v) is 33.4. The molecule has 0 N–H and O–H groups in total. The predicted octanol–water partition coefficient (Wildman–Crippen LogP) is 14.6. The van der Waals surface area contributed by atoms with Crippen molar-refractivity contribution in [2.45, 2.75) is 0 Å². The van der Waals surface area contributed by atoms with E-state index in [1.807, 2.05) is 47.7 Å². The molecule has 0 amide bonds. The molecule has 5 heterocycles. The van der Waals surface area contributed by atoms with Crippen molar-refractivity contribution >= 4 is 102 Å². The Labute approximate surface area is 352 Å². The lowest BCUT2D eigenvalue weighted by atomic mass is 10.0. The zero-order chi connectivity index (χ0) is 39.8. The van der Waals surface area contributed by atoms with Gasteiger partial charge in [-0.2, -0.15) is 0 Å². The minimum atomic E-state index is 0.636. The summed E-state index contributed by atoms with van der Waals surface area (Å²) in [4.78, 5) is 15.5. The topological polar surface area (TPSA) is 48.0 Å². The Morgan fingerprint density at radius 3 is 1.66 bits per heavy atom. The normalized spacial score (nSPS) is 12.3. The minimum Gasteiger partial charge on any atom is -0.308 e. The molecule has 0 bridgehead atoms. The van der Waals surface area contributed by atoms with E-state index < -0.39 is 0 Å². The van der Waals surface area contributed by atoms with Crippen molar-refractivity contribution in [2.75, 3.05) is 0 Å². The first-order valence-corrected chi connectivity index (χ1v) is 21.4. The van der Waals surface area contributed by atoms with E-state index >= 15 is 0 Å². The molecule has 14 aromatic rings. The Kier molecular flexibility index (Phi) is 6.65. The summed E-state index contributed by atoms with van der Waals surface area (Å²) in [5, 5.41) is 12.4. The van der Waals surface area contributed by atoms with Crippen LogP contribution < -0.4 is 0 Å². The smallest absolute Gasteiger partial charge is 0.164 e. The second-order valence-electron chi connectivity index (χ2n) is 16.0. The average Bonchev–Trinajstić information content (AvgIpc) is 4.06.